The third kappa shape index (κ3) is 0.989. The minimum absolute atomic E-state index is 0.0578. The lowest BCUT2D eigenvalue weighted by Gasteiger charge is -2.15. The molecule has 2 heterocycles. The fourth-order valence-corrected chi connectivity index (χ4v) is 2.15. The second kappa shape index (κ2) is 2.70. The van der Waals surface area contributed by atoms with Crippen LogP contribution in [0.3, 0.4) is 0 Å². The predicted molar refractivity (Wildman–Crippen MR) is 55.7 cm³/mol. The quantitative estimate of drug-likeness (QED) is 0.656. The molecule has 1 amide bonds. The molecule has 0 aliphatic carbocycles. The van der Waals surface area contributed by atoms with Gasteiger partial charge in [-0.25, -0.2) is 0 Å². The third-order valence-electron chi connectivity index (χ3n) is 2.72. The van der Waals surface area contributed by atoms with Crippen molar-refractivity contribution in [3.63, 3.8) is 0 Å². The highest BCUT2D eigenvalue weighted by atomic mass is 35.5. The van der Waals surface area contributed by atoms with E-state index in [9.17, 15) is 4.79 Å². The van der Waals surface area contributed by atoms with Crippen molar-refractivity contribution in [3.05, 3.63) is 23.0 Å². The van der Waals surface area contributed by atoms with E-state index in [0.717, 1.165) is 11.3 Å². The molecule has 0 unspecified atom stereocenters. The molecule has 1 aliphatic rings. The van der Waals surface area contributed by atoms with Gasteiger partial charge in [0.25, 0.3) is 0 Å². The number of aromatic nitrogens is 1. The van der Waals surface area contributed by atoms with E-state index >= 15 is 0 Å². The standard InChI is InChI=1S/C10H11ClN2O/c1-10(2)6-4-12-5-7(11)8(6)13(3)9(10)14/h4-5H,1-3H3. The van der Waals surface area contributed by atoms with E-state index in [-0.39, 0.29) is 5.91 Å². The Bertz CT molecular complexity index is 415. The van der Waals surface area contributed by atoms with E-state index in [2.05, 4.69) is 4.98 Å². The summed E-state index contributed by atoms with van der Waals surface area (Å²) < 4.78 is 0. The van der Waals surface area contributed by atoms with Gasteiger partial charge in [0.05, 0.1) is 16.1 Å². The number of carbonyl (C=O) groups excluding carboxylic acids is 1. The van der Waals surface area contributed by atoms with Crippen molar-refractivity contribution >= 4 is 23.2 Å². The average molecular weight is 211 g/mol. The average Bonchev–Trinajstić information content (AvgIpc) is 2.30. The van der Waals surface area contributed by atoms with Crippen LogP contribution in [0.4, 0.5) is 5.69 Å². The van der Waals surface area contributed by atoms with Crippen LogP contribution in [0.1, 0.15) is 19.4 Å². The van der Waals surface area contributed by atoms with Gasteiger partial charge in [-0.15, -0.1) is 0 Å². The lowest BCUT2D eigenvalue weighted by Crippen LogP contribution is -2.33. The maximum Gasteiger partial charge on any atom is 0.237 e. The molecule has 74 valence electrons. The van der Waals surface area contributed by atoms with Gasteiger partial charge in [0.1, 0.15) is 0 Å². The van der Waals surface area contributed by atoms with Crippen LogP contribution in [0.25, 0.3) is 0 Å². The molecule has 0 bridgehead atoms. The Morgan fingerprint density at radius 2 is 2.07 bits per heavy atom. The summed E-state index contributed by atoms with van der Waals surface area (Å²) >= 11 is 6.00. The number of carbonyl (C=O) groups is 1. The highest BCUT2D eigenvalue weighted by molar-refractivity contribution is 6.34. The molecule has 1 aromatic heterocycles. The fourth-order valence-electron chi connectivity index (χ4n) is 1.86. The molecule has 0 fully saturated rings. The first kappa shape index (κ1) is 9.46. The minimum Gasteiger partial charge on any atom is -0.313 e. The summed E-state index contributed by atoms with van der Waals surface area (Å²) in [6.07, 6.45) is 3.27. The summed E-state index contributed by atoms with van der Waals surface area (Å²) in [6, 6.07) is 0. The van der Waals surface area contributed by atoms with E-state index in [1.165, 1.54) is 0 Å². The molecule has 0 spiro atoms. The van der Waals surface area contributed by atoms with E-state index in [4.69, 9.17) is 11.6 Å². The van der Waals surface area contributed by atoms with Crippen molar-refractivity contribution in [2.45, 2.75) is 19.3 Å². The first-order valence-corrected chi connectivity index (χ1v) is 4.76. The van der Waals surface area contributed by atoms with Crippen molar-refractivity contribution < 1.29 is 4.79 Å². The van der Waals surface area contributed by atoms with Crippen molar-refractivity contribution in [1.82, 2.24) is 4.98 Å². The second-order valence-corrected chi connectivity index (χ2v) is 4.41. The molecule has 1 aliphatic heterocycles. The highest BCUT2D eigenvalue weighted by Crippen LogP contribution is 2.43. The third-order valence-corrected chi connectivity index (χ3v) is 3.00. The summed E-state index contributed by atoms with van der Waals surface area (Å²) in [4.78, 5) is 17.5. The normalized spacial score (nSPS) is 18.6. The van der Waals surface area contributed by atoms with Gasteiger partial charge in [0, 0.05) is 25.0 Å². The molecule has 0 saturated heterocycles. The molecular formula is C10H11ClN2O. The largest absolute Gasteiger partial charge is 0.313 e. The first-order chi connectivity index (χ1) is 6.46. The van der Waals surface area contributed by atoms with Crippen molar-refractivity contribution in [2.75, 3.05) is 11.9 Å². The number of amides is 1. The van der Waals surface area contributed by atoms with Gasteiger partial charge in [-0.2, -0.15) is 0 Å². The van der Waals surface area contributed by atoms with Gasteiger partial charge in [0.2, 0.25) is 5.91 Å². The SMILES string of the molecule is CN1C(=O)C(C)(C)c2cncc(Cl)c21. The number of hydrogen-bond donors (Lipinski definition) is 0. The van der Waals surface area contributed by atoms with Crippen LogP contribution in [0.15, 0.2) is 12.4 Å². The maximum absolute atomic E-state index is 11.9. The Morgan fingerprint density at radius 3 is 2.64 bits per heavy atom. The molecule has 3 nitrogen and oxygen atoms in total. The van der Waals surface area contributed by atoms with Crippen LogP contribution in [0.2, 0.25) is 5.02 Å². The Balaban J connectivity index is 2.74. The number of rotatable bonds is 0. The zero-order valence-corrected chi connectivity index (χ0v) is 9.09. The summed E-state index contributed by atoms with van der Waals surface area (Å²) in [7, 11) is 1.74. The lowest BCUT2D eigenvalue weighted by molar-refractivity contribution is -0.121. The van der Waals surface area contributed by atoms with Crippen molar-refractivity contribution in [1.29, 1.82) is 0 Å². The summed E-state index contributed by atoms with van der Waals surface area (Å²) in [6.45, 7) is 3.77. The fraction of sp³-hybridized carbons (Fsp3) is 0.400. The molecule has 0 atom stereocenters. The molecule has 1 aromatic rings. The number of nitrogens with zero attached hydrogens (tertiary/aromatic N) is 2. The number of halogens is 1. The number of fused-ring (bicyclic) bond motifs is 1. The van der Waals surface area contributed by atoms with Gasteiger partial charge < -0.3 is 4.90 Å². The van der Waals surface area contributed by atoms with Gasteiger partial charge in [-0.05, 0) is 13.8 Å². The zero-order chi connectivity index (χ0) is 10.5. The number of anilines is 1. The van der Waals surface area contributed by atoms with Crippen molar-refractivity contribution in [2.24, 2.45) is 0 Å². The Morgan fingerprint density at radius 1 is 1.43 bits per heavy atom. The smallest absolute Gasteiger partial charge is 0.237 e. The zero-order valence-electron chi connectivity index (χ0n) is 8.34. The molecule has 0 N–H and O–H groups in total. The lowest BCUT2D eigenvalue weighted by atomic mass is 9.87. The van der Waals surface area contributed by atoms with Gasteiger partial charge in [-0.1, -0.05) is 11.6 Å². The van der Waals surface area contributed by atoms with Gasteiger partial charge in [-0.3, -0.25) is 9.78 Å². The monoisotopic (exact) mass is 210 g/mol. The van der Waals surface area contributed by atoms with Crippen LogP contribution in [-0.4, -0.2) is 17.9 Å². The van der Waals surface area contributed by atoms with E-state index in [0.29, 0.717) is 5.02 Å². The van der Waals surface area contributed by atoms with Crippen LogP contribution < -0.4 is 4.90 Å². The molecule has 4 heteroatoms. The predicted octanol–water partition coefficient (Wildman–Crippen LogP) is 1.99. The highest BCUT2D eigenvalue weighted by Gasteiger charge is 2.43. The first-order valence-electron chi connectivity index (χ1n) is 4.38. The molecule has 0 radical (unpaired) electrons. The van der Waals surface area contributed by atoms with E-state index in [1.54, 1.807) is 24.3 Å². The molecule has 14 heavy (non-hydrogen) atoms. The number of pyridine rings is 1. The number of likely N-dealkylation sites (N-methyl/N-ethyl adjacent to an activating group) is 1. The van der Waals surface area contributed by atoms with Crippen LogP contribution in [0.5, 0.6) is 0 Å². The van der Waals surface area contributed by atoms with E-state index in [1.807, 2.05) is 13.8 Å². The van der Waals surface area contributed by atoms with E-state index < -0.39 is 5.41 Å². The van der Waals surface area contributed by atoms with Crippen LogP contribution in [0, 0.1) is 0 Å². The second-order valence-electron chi connectivity index (χ2n) is 4.01. The Kier molecular flexibility index (Phi) is 1.83. The maximum atomic E-state index is 11.9. The number of hydrogen-bond acceptors (Lipinski definition) is 2. The topological polar surface area (TPSA) is 33.2 Å². The molecule has 2 rings (SSSR count). The van der Waals surface area contributed by atoms with Crippen LogP contribution in [-0.2, 0) is 10.2 Å². The molecule has 0 aromatic carbocycles. The van der Waals surface area contributed by atoms with Gasteiger partial charge in [0.15, 0.2) is 0 Å². The summed E-state index contributed by atoms with van der Waals surface area (Å²) in [5.74, 6) is 0.0578. The molecule has 0 saturated carbocycles. The van der Waals surface area contributed by atoms with Crippen molar-refractivity contribution in [3.8, 4) is 0 Å². The van der Waals surface area contributed by atoms with Crippen LogP contribution >= 0.6 is 11.6 Å². The Labute approximate surface area is 87.7 Å². The minimum atomic E-state index is -0.512. The molecular weight excluding hydrogens is 200 g/mol. The Hall–Kier alpha value is -1.09. The summed E-state index contributed by atoms with van der Waals surface area (Å²) in [5.41, 5.74) is 1.18. The van der Waals surface area contributed by atoms with Gasteiger partial charge >= 0.3 is 0 Å². The summed E-state index contributed by atoms with van der Waals surface area (Å²) in [5, 5.41) is 0.531.